The molecule has 2 bridgehead atoms. The third-order valence-corrected chi connectivity index (χ3v) is 5.72. The van der Waals surface area contributed by atoms with E-state index in [0.29, 0.717) is 10.8 Å². The van der Waals surface area contributed by atoms with E-state index in [0.717, 1.165) is 11.8 Å². The summed E-state index contributed by atoms with van der Waals surface area (Å²) in [5, 5.41) is 0. The molecule has 1 nitrogen and oxygen atoms in total. The van der Waals surface area contributed by atoms with Crippen molar-refractivity contribution in [3.05, 3.63) is 0 Å². The molecule has 0 heterocycles. The standard InChI is InChI=1S/C13H25N/c1-11(2)9-6-7-13(5,10(11)8-9)12(3,4)14/h9-10H,6-8,14H2,1-5H3. The van der Waals surface area contributed by atoms with Gasteiger partial charge in [0.05, 0.1) is 0 Å². The normalized spacial score (nSPS) is 45.9. The molecule has 0 aromatic carbocycles. The van der Waals surface area contributed by atoms with Crippen molar-refractivity contribution >= 4 is 0 Å². The molecular weight excluding hydrogens is 170 g/mol. The first-order chi connectivity index (χ1) is 6.19. The molecule has 3 fully saturated rings. The monoisotopic (exact) mass is 195 g/mol. The lowest BCUT2D eigenvalue weighted by Gasteiger charge is -2.67. The van der Waals surface area contributed by atoms with Crippen LogP contribution in [0.4, 0.5) is 0 Å². The maximum absolute atomic E-state index is 6.38. The van der Waals surface area contributed by atoms with Crippen LogP contribution in [-0.4, -0.2) is 5.54 Å². The molecule has 14 heavy (non-hydrogen) atoms. The first-order valence-electron chi connectivity index (χ1n) is 5.98. The van der Waals surface area contributed by atoms with Crippen LogP contribution in [0.5, 0.6) is 0 Å². The second-order valence-electron chi connectivity index (χ2n) is 6.98. The zero-order valence-corrected chi connectivity index (χ0v) is 10.4. The van der Waals surface area contributed by atoms with Crippen LogP contribution in [0.3, 0.4) is 0 Å². The maximum atomic E-state index is 6.38. The third kappa shape index (κ3) is 1.05. The van der Waals surface area contributed by atoms with Crippen LogP contribution in [0.15, 0.2) is 0 Å². The van der Waals surface area contributed by atoms with Crippen LogP contribution in [0.25, 0.3) is 0 Å². The number of fused-ring (bicyclic) bond motifs is 2. The smallest absolute Gasteiger partial charge is 0.0154 e. The first kappa shape index (κ1) is 10.5. The fraction of sp³-hybridized carbons (Fsp3) is 1.00. The van der Waals surface area contributed by atoms with Gasteiger partial charge in [0.15, 0.2) is 0 Å². The van der Waals surface area contributed by atoms with Crippen molar-refractivity contribution in [3.8, 4) is 0 Å². The number of rotatable bonds is 1. The average molecular weight is 195 g/mol. The van der Waals surface area contributed by atoms with Crippen LogP contribution in [0, 0.1) is 22.7 Å². The molecule has 0 radical (unpaired) electrons. The molecular formula is C13H25N. The zero-order valence-electron chi connectivity index (χ0n) is 10.4. The summed E-state index contributed by atoms with van der Waals surface area (Å²) in [6.45, 7) is 11.7. The van der Waals surface area contributed by atoms with Gasteiger partial charge in [0.2, 0.25) is 0 Å². The SMILES string of the molecule is CC1(C)C2CCC(C)(C(C)(C)N)C1C2. The molecule has 3 rings (SSSR count). The summed E-state index contributed by atoms with van der Waals surface area (Å²) in [6, 6.07) is 0. The van der Waals surface area contributed by atoms with Gasteiger partial charge in [-0.1, -0.05) is 20.8 Å². The summed E-state index contributed by atoms with van der Waals surface area (Å²) in [5.41, 5.74) is 7.25. The Morgan fingerprint density at radius 1 is 1.21 bits per heavy atom. The van der Waals surface area contributed by atoms with Gasteiger partial charge in [0.25, 0.3) is 0 Å². The summed E-state index contributed by atoms with van der Waals surface area (Å²) >= 11 is 0. The van der Waals surface area contributed by atoms with E-state index >= 15 is 0 Å². The Balaban J connectivity index is 2.30. The molecule has 0 aliphatic heterocycles. The molecule has 82 valence electrons. The minimum atomic E-state index is -0.0275. The van der Waals surface area contributed by atoms with E-state index in [4.69, 9.17) is 5.73 Å². The topological polar surface area (TPSA) is 26.0 Å². The Labute approximate surface area is 88.4 Å². The predicted octanol–water partition coefficient (Wildman–Crippen LogP) is 3.19. The first-order valence-corrected chi connectivity index (χ1v) is 5.98. The second-order valence-corrected chi connectivity index (χ2v) is 6.98. The van der Waals surface area contributed by atoms with Crippen molar-refractivity contribution in [1.82, 2.24) is 0 Å². The van der Waals surface area contributed by atoms with E-state index in [2.05, 4.69) is 34.6 Å². The predicted molar refractivity (Wildman–Crippen MR) is 61.0 cm³/mol. The van der Waals surface area contributed by atoms with Crippen molar-refractivity contribution in [2.45, 2.75) is 59.4 Å². The lowest BCUT2D eigenvalue weighted by molar-refractivity contribution is -0.172. The fourth-order valence-electron chi connectivity index (χ4n) is 4.01. The fourth-order valence-corrected chi connectivity index (χ4v) is 4.01. The molecule has 0 aromatic heterocycles. The number of nitrogens with two attached hydrogens (primary N) is 1. The summed E-state index contributed by atoms with van der Waals surface area (Å²) in [6.07, 6.45) is 4.14. The van der Waals surface area contributed by atoms with Gasteiger partial charge in [-0.3, -0.25) is 0 Å². The van der Waals surface area contributed by atoms with Crippen LogP contribution in [0.1, 0.15) is 53.9 Å². The molecule has 3 saturated carbocycles. The highest BCUT2D eigenvalue weighted by atomic mass is 14.8. The van der Waals surface area contributed by atoms with Gasteiger partial charge in [-0.25, -0.2) is 0 Å². The number of hydrogen-bond donors (Lipinski definition) is 1. The molecule has 2 N–H and O–H groups in total. The van der Waals surface area contributed by atoms with E-state index in [1.165, 1.54) is 19.3 Å². The van der Waals surface area contributed by atoms with Gasteiger partial charge >= 0.3 is 0 Å². The molecule has 0 aromatic rings. The summed E-state index contributed by atoms with van der Waals surface area (Å²) in [7, 11) is 0. The van der Waals surface area contributed by atoms with Crippen molar-refractivity contribution in [2.75, 3.05) is 0 Å². The van der Waals surface area contributed by atoms with Crippen LogP contribution in [0.2, 0.25) is 0 Å². The van der Waals surface area contributed by atoms with Crippen molar-refractivity contribution in [1.29, 1.82) is 0 Å². The van der Waals surface area contributed by atoms with Crippen LogP contribution >= 0.6 is 0 Å². The molecule has 1 heteroatoms. The van der Waals surface area contributed by atoms with Gasteiger partial charge in [-0.05, 0) is 55.8 Å². The summed E-state index contributed by atoms with van der Waals surface area (Å²) in [4.78, 5) is 0. The summed E-state index contributed by atoms with van der Waals surface area (Å²) < 4.78 is 0. The van der Waals surface area contributed by atoms with Crippen molar-refractivity contribution in [2.24, 2.45) is 28.4 Å². The Bertz CT molecular complexity index is 243. The molecule has 3 aliphatic rings. The quantitative estimate of drug-likeness (QED) is 0.683. The Kier molecular flexibility index (Phi) is 1.91. The Hall–Kier alpha value is -0.0400. The van der Waals surface area contributed by atoms with Crippen LogP contribution in [-0.2, 0) is 0 Å². The number of hydrogen-bond acceptors (Lipinski definition) is 1. The van der Waals surface area contributed by atoms with Crippen molar-refractivity contribution in [3.63, 3.8) is 0 Å². The van der Waals surface area contributed by atoms with Crippen LogP contribution < -0.4 is 5.73 Å². The van der Waals surface area contributed by atoms with Gasteiger partial charge in [-0.15, -0.1) is 0 Å². The largest absolute Gasteiger partial charge is 0.325 e. The lowest BCUT2D eigenvalue weighted by atomic mass is 9.38. The highest BCUT2D eigenvalue weighted by Gasteiger charge is 2.62. The molecule has 0 amide bonds. The average Bonchev–Trinajstić information content (AvgIpc) is 2.01. The second kappa shape index (κ2) is 2.55. The minimum Gasteiger partial charge on any atom is -0.325 e. The third-order valence-electron chi connectivity index (χ3n) is 5.72. The minimum absolute atomic E-state index is 0.0275. The van der Waals surface area contributed by atoms with Gasteiger partial charge < -0.3 is 5.73 Å². The maximum Gasteiger partial charge on any atom is 0.0154 e. The van der Waals surface area contributed by atoms with E-state index in [1.54, 1.807) is 0 Å². The molecule has 3 atom stereocenters. The molecule has 0 spiro atoms. The van der Waals surface area contributed by atoms with E-state index in [-0.39, 0.29) is 5.54 Å². The van der Waals surface area contributed by atoms with Gasteiger partial charge in [0.1, 0.15) is 0 Å². The lowest BCUT2D eigenvalue weighted by Crippen LogP contribution is -2.65. The zero-order chi connectivity index (χ0) is 10.8. The Morgan fingerprint density at radius 2 is 1.79 bits per heavy atom. The van der Waals surface area contributed by atoms with Crippen molar-refractivity contribution < 1.29 is 0 Å². The van der Waals surface area contributed by atoms with Gasteiger partial charge in [0, 0.05) is 5.54 Å². The molecule has 0 saturated heterocycles. The van der Waals surface area contributed by atoms with E-state index < -0.39 is 0 Å². The summed E-state index contributed by atoms with van der Waals surface area (Å²) in [5.74, 6) is 1.82. The van der Waals surface area contributed by atoms with E-state index in [9.17, 15) is 0 Å². The highest BCUT2D eigenvalue weighted by molar-refractivity contribution is 5.13. The van der Waals surface area contributed by atoms with Gasteiger partial charge in [-0.2, -0.15) is 0 Å². The highest BCUT2D eigenvalue weighted by Crippen LogP contribution is 2.68. The molecule has 3 unspecified atom stereocenters. The Morgan fingerprint density at radius 3 is 2.07 bits per heavy atom. The van der Waals surface area contributed by atoms with E-state index in [1.807, 2.05) is 0 Å². The molecule has 3 aliphatic carbocycles.